The molecule has 0 aliphatic rings. The number of hydrogen-bond acceptors (Lipinski definition) is 2. The zero-order valence-corrected chi connectivity index (χ0v) is 4.02. The summed E-state index contributed by atoms with van der Waals surface area (Å²) >= 11 is 0. The Morgan fingerprint density at radius 2 is 2.50 bits per heavy atom. The van der Waals surface area contributed by atoms with Crippen LogP contribution in [0.25, 0.3) is 0 Å². The summed E-state index contributed by atoms with van der Waals surface area (Å²) in [5, 5.41) is 0. The molecule has 0 saturated heterocycles. The lowest BCUT2D eigenvalue weighted by molar-refractivity contribution is -0.140. The third-order valence-corrected chi connectivity index (χ3v) is 0.516. The lowest BCUT2D eigenvalue weighted by atomic mass is 10.5. The molecular weight excluding hydrogens is 80.0 g/mol. The summed E-state index contributed by atoms with van der Waals surface area (Å²) in [5.41, 5.74) is 0. The van der Waals surface area contributed by atoms with Gasteiger partial charge in [-0.15, -0.1) is 0 Å². The van der Waals surface area contributed by atoms with Crippen molar-refractivity contribution in [1.82, 2.24) is 0 Å². The Balaban J connectivity index is 0. The minimum absolute atomic E-state index is 0. The van der Waals surface area contributed by atoms with E-state index in [0.717, 1.165) is 0 Å². The van der Waals surface area contributed by atoms with E-state index in [2.05, 4.69) is 4.74 Å². The number of ether oxygens (including phenoxy) is 1. The number of esters is 1. The average Bonchev–Trinajstić information content (AvgIpc) is 1.65. The van der Waals surface area contributed by atoms with Crippen LogP contribution >= 0.6 is 0 Å². The van der Waals surface area contributed by atoms with Gasteiger partial charge in [-0.25, -0.2) is 0 Å². The highest BCUT2D eigenvalue weighted by atomic mass is 16.5. The van der Waals surface area contributed by atoms with Crippen molar-refractivity contribution in [3.8, 4) is 0 Å². The summed E-state index contributed by atoms with van der Waals surface area (Å²) in [7, 11) is 1.38. The van der Waals surface area contributed by atoms with Gasteiger partial charge < -0.3 is 4.74 Å². The van der Waals surface area contributed by atoms with Crippen molar-refractivity contribution in [3.05, 3.63) is 0 Å². The van der Waals surface area contributed by atoms with Crippen LogP contribution in [0, 0.1) is 0 Å². The number of carbonyl (C=O) groups is 1. The molecule has 0 aliphatic carbocycles. The number of rotatable bonds is 1. The van der Waals surface area contributed by atoms with E-state index >= 15 is 0 Å². The SMILES string of the molecule is CCC(=O)OC.[H+]. The topological polar surface area (TPSA) is 26.3 Å². The molecule has 2 heteroatoms. The molecule has 0 atom stereocenters. The molecule has 0 rings (SSSR count). The standard InChI is InChI=1S/C4H8O2/c1-3-4(5)6-2/h3H2,1-2H3/p+1. The van der Waals surface area contributed by atoms with Crippen molar-refractivity contribution in [1.29, 1.82) is 0 Å². The van der Waals surface area contributed by atoms with E-state index in [1.807, 2.05) is 0 Å². The monoisotopic (exact) mass is 89.1 g/mol. The van der Waals surface area contributed by atoms with E-state index in [9.17, 15) is 4.79 Å². The second kappa shape index (κ2) is 2.69. The van der Waals surface area contributed by atoms with Crippen LogP contribution in [-0.4, -0.2) is 13.1 Å². The van der Waals surface area contributed by atoms with Gasteiger partial charge in [0.2, 0.25) is 0 Å². The fraction of sp³-hybridized carbons (Fsp3) is 0.750. The zero-order chi connectivity index (χ0) is 4.99. The highest BCUT2D eigenvalue weighted by molar-refractivity contribution is 5.68. The van der Waals surface area contributed by atoms with Crippen LogP contribution < -0.4 is 0 Å². The quantitative estimate of drug-likeness (QED) is 0.441. The zero-order valence-electron chi connectivity index (χ0n) is 5.02. The molecule has 0 aliphatic heterocycles. The molecule has 0 saturated carbocycles. The predicted octanol–water partition coefficient (Wildman–Crippen LogP) is 0.682. The molecule has 6 heavy (non-hydrogen) atoms. The van der Waals surface area contributed by atoms with Crippen molar-refractivity contribution in [3.63, 3.8) is 0 Å². The molecule has 0 radical (unpaired) electrons. The van der Waals surface area contributed by atoms with Gasteiger partial charge in [-0.3, -0.25) is 4.79 Å². The average molecular weight is 89.1 g/mol. The molecule has 0 fully saturated rings. The van der Waals surface area contributed by atoms with Crippen LogP contribution in [0.3, 0.4) is 0 Å². The van der Waals surface area contributed by atoms with Gasteiger partial charge in [0.25, 0.3) is 0 Å². The van der Waals surface area contributed by atoms with E-state index in [0.29, 0.717) is 6.42 Å². The molecule has 36 valence electrons. The number of hydrogen-bond donors (Lipinski definition) is 0. The van der Waals surface area contributed by atoms with Crippen molar-refractivity contribution >= 4 is 5.97 Å². The summed E-state index contributed by atoms with van der Waals surface area (Å²) in [6.07, 6.45) is 0.469. The molecule has 0 spiro atoms. The molecule has 2 nitrogen and oxygen atoms in total. The van der Waals surface area contributed by atoms with Gasteiger partial charge in [-0.1, -0.05) is 6.92 Å². The van der Waals surface area contributed by atoms with Gasteiger partial charge in [0.15, 0.2) is 0 Å². The summed E-state index contributed by atoms with van der Waals surface area (Å²) in [5.74, 6) is -0.157. The van der Waals surface area contributed by atoms with Crippen molar-refractivity contribution < 1.29 is 11.0 Å². The smallest absolute Gasteiger partial charge is 0.469 e. The second-order valence-electron chi connectivity index (χ2n) is 0.930. The lowest BCUT2D eigenvalue weighted by Crippen LogP contribution is -1.94. The first-order valence-corrected chi connectivity index (χ1v) is 1.88. The van der Waals surface area contributed by atoms with Crippen LogP contribution in [0.15, 0.2) is 0 Å². The van der Waals surface area contributed by atoms with E-state index in [1.165, 1.54) is 7.11 Å². The molecule has 0 bridgehead atoms. The van der Waals surface area contributed by atoms with Crippen LogP contribution in [0.4, 0.5) is 0 Å². The van der Waals surface area contributed by atoms with Crippen LogP contribution in [0.2, 0.25) is 0 Å². The van der Waals surface area contributed by atoms with Crippen LogP contribution in [0.5, 0.6) is 0 Å². The summed E-state index contributed by atoms with van der Waals surface area (Å²) in [4.78, 5) is 9.96. The van der Waals surface area contributed by atoms with E-state index in [1.54, 1.807) is 6.92 Å². The molecule has 0 amide bonds. The molecule has 0 unspecified atom stereocenters. The second-order valence-corrected chi connectivity index (χ2v) is 0.930. The largest absolute Gasteiger partial charge is 1.00 e. The van der Waals surface area contributed by atoms with Crippen molar-refractivity contribution in [2.45, 2.75) is 13.3 Å². The third-order valence-electron chi connectivity index (χ3n) is 0.516. The molecule has 0 aromatic rings. The Hall–Kier alpha value is -0.530. The minimum atomic E-state index is -0.157. The lowest BCUT2D eigenvalue weighted by Gasteiger charge is -1.87. The highest BCUT2D eigenvalue weighted by Gasteiger charge is 1.87. The fourth-order valence-corrected chi connectivity index (χ4v) is 0.144. The first-order valence-electron chi connectivity index (χ1n) is 1.88. The van der Waals surface area contributed by atoms with E-state index in [-0.39, 0.29) is 7.40 Å². The fourth-order valence-electron chi connectivity index (χ4n) is 0.144. The molecule has 0 N–H and O–H groups in total. The summed E-state index contributed by atoms with van der Waals surface area (Å²) in [6, 6.07) is 0. The van der Waals surface area contributed by atoms with Gasteiger partial charge in [0.1, 0.15) is 0 Å². The minimum Gasteiger partial charge on any atom is -0.469 e. The number of carbonyl (C=O) groups excluding carboxylic acids is 1. The van der Waals surface area contributed by atoms with Gasteiger partial charge >= 0.3 is 7.40 Å². The molecular formula is C4H9O2+. The summed E-state index contributed by atoms with van der Waals surface area (Å²) < 4.78 is 4.26. The molecule has 0 heterocycles. The maximum Gasteiger partial charge on any atom is 1.00 e. The van der Waals surface area contributed by atoms with Gasteiger partial charge in [-0.05, 0) is 0 Å². The van der Waals surface area contributed by atoms with Crippen LogP contribution in [-0.2, 0) is 9.53 Å². The van der Waals surface area contributed by atoms with Crippen molar-refractivity contribution in [2.24, 2.45) is 0 Å². The molecule has 0 aromatic heterocycles. The Morgan fingerprint density at radius 1 is 2.00 bits per heavy atom. The van der Waals surface area contributed by atoms with Gasteiger partial charge in [0, 0.05) is 6.42 Å². The Labute approximate surface area is 38.6 Å². The highest BCUT2D eigenvalue weighted by Crippen LogP contribution is 1.76. The Bertz CT molecular complexity index is 47.7. The molecule has 0 aromatic carbocycles. The number of methoxy groups -OCH3 is 1. The Morgan fingerprint density at radius 3 is 2.50 bits per heavy atom. The van der Waals surface area contributed by atoms with Gasteiger partial charge in [-0.2, -0.15) is 0 Å². The maximum atomic E-state index is 9.96. The Kier molecular flexibility index (Phi) is 2.46. The van der Waals surface area contributed by atoms with Gasteiger partial charge in [0.05, 0.1) is 7.11 Å². The first kappa shape index (κ1) is 5.47. The third kappa shape index (κ3) is 1.76. The summed E-state index contributed by atoms with van der Waals surface area (Å²) in [6.45, 7) is 1.76. The van der Waals surface area contributed by atoms with Crippen LogP contribution in [0.1, 0.15) is 14.8 Å². The van der Waals surface area contributed by atoms with E-state index < -0.39 is 0 Å². The van der Waals surface area contributed by atoms with E-state index in [4.69, 9.17) is 0 Å². The predicted molar refractivity (Wildman–Crippen MR) is 23.4 cm³/mol. The first-order chi connectivity index (χ1) is 2.81. The maximum absolute atomic E-state index is 9.96. The van der Waals surface area contributed by atoms with Crippen molar-refractivity contribution in [2.75, 3.05) is 7.11 Å². The normalized spacial score (nSPS) is 7.67.